The topological polar surface area (TPSA) is 103 Å². The maximum Gasteiger partial charge on any atom is 0.321 e. The minimum Gasteiger partial charge on any atom is -0.465 e. The highest BCUT2D eigenvalue weighted by Gasteiger charge is 2.23. The van der Waals surface area contributed by atoms with Gasteiger partial charge in [-0.15, -0.1) is 0 Å². The Hall–Kier alpha value is -1.58. The number of thiocarbonyl (C=S) groups is 1. The molecule has 0 aromatic carbocycles. The zero-order chi connectivity index (χ0) is 15.3. The summed E-state index contributed by atoms with van der Waals surface area (Å²) in [4.78, 5) is 15.2. The zero-order valence-corrected chi connectivity index (χ0v) is 12.7. The second kappa shape index (κ2) is 6.73. The molecule has 0 amide bonds. The molecule has 0 fully saturated rings. The maximum atomic E-state index is 12.2. The van der Waals surface area contributed by atoms with Crippen molar-refractivity contribution < 1.29 is 17.9 Å². The lowest BCUT2D eigenvalue weighted by molar-refractivity contribution is -0.143. The fourth-order valence-corrected chi connectivity index (χ4v) is 2.51. The number of carbonyl (C=O) groups is 1. The van der Waals surface area contributed by atoms with Crippen LogP contribution in [-0.4, -0.2) is 48.9 Å². The van der Waals surface area contributed by atoms with Crippen LogP contribution in [0.5, 0.6) is 0 Å². The summed E-state index contributed by atoms with van der Waals surface area (Å²) in [5.74, 6) is -0.619. The van der Waals surface area contributed by atoms with Gasteiger partial charge in [0.05, 0.1) is 12.3 Å². The van der Waals surface area contributed by atoms with Gasteiger partial charge in [0, 0.05) is 13.2 Å². The molecule has 110 valence electrons. The van der Waals surface area contributed by atoms with Crippen LogP contribution in [0.2, 0.25) is 0 Å². The number of sulfonamides is 1. The van der Waals surface area contributed by atoms with E-state index in [1.165, 1.54) is 19.2 Å². The van der Waals surface area contributed by atoms with Crippen molar-refractivity contribution in [1.29, 1.82) is 0 Å². The van der Waals surface area contributed by atoms with Gasteiger partial charge in [0.15, 0.2) is 0 Å². The van der Waals surface area contributed by atoms with Crippen molar-refractivity contribution in [2.24, 2.45) is 5.73 Å². The van der Waals surface area contributed by atoms with Gasteiger partial charge in [0.1, 0.15) is 16.4 Å². The third-order valence-electron chi connectivity index (χ3n) is 2.35. The standard InChI is InChI=1S/C11H15N3O4S2/c1-3-18-10(15)7-14(2)20(16,17)8-4-5-9(11(12)19)13-6-8/h4-6H,3,7H2,1-2H3,(H2,12,19). The van der Waals surface area contributed by atoms with Crippen LogP contribution in [0.4, 0.5) is 0 Å². The number of esters is 1. The summed E-state index contributed by atoms with van der Waals surface area (Å²) in [6.07, 6.45) is 1.14. The largest absolute Gasteiger partial charge is 0.465 e. The summed E-state index contributed by atoms with van der Waals surface area (Å²) < 4.78 is 29.9. The molecule has 0 saturated heterocycles. The first-order valence-electron chi connectivity index (χ1n) is 5.67. The van der Waals surface area contributed by atoms with Crippen molar-refractivity contribution in [3.8, 4) is 0 Å². The summed E-state index contributed by atoms with van der Waals surface area (Å²) in [6, 6.07) is 2.74. The van der Waals surface area contributed by atoms with Crippen LogP contribution in [0.25, 0.3) is 0 Å². The van der Waals surface area contributed by atoms with E-state index in [2.05, 4.69) is 4.98 Å². The minimum atomic E-state index is -3.81. The van der Waals surface area contributed by atoms with Gasteiger partial charge in [-0.25, -0.2) is 8.42 Å². The molecule has 20 heavy (non-hydrogen) atoms. The van der Waals surface area contributed by atoms with Gasteiger partial charge in [0.25, 0.3) is 0 Å². The first-order valence-corrected chi connectivity index (χ1v) is 7.51. The van der Waals surface area contributed by atoms with Gasteiger partial charge in [-0.1, -0.05) is 12.2 Å². The van der Waals surface area contributed by atoms with Crippen molar-refractivity contribution in [2.75, 3.05) is 20.2 Å². The lowest BCUT2D eigenvalue weighted by Crippen LogP contribution is -2.33. The van der Waals surface area contributed by atoms with Crippen molar-refractivity contribution in [2.45, 2.75) is 11.8 Å². The van der Waals surface area contributed by atoms with Crippen LogP contribution in [-0.2, 0) is 19.6 Å². The molecule has 0 aliphatic heterocycles. The number of nitrogens with two attached hydrogens (primary N) is 1. The Morgan fingerprint density at radius 1 is 1.50 bits per heavy atom. The molecule has 1 aromatic rings. The van der Waals surface area contributed by atoms with Crippen LogP contribution < -0.4 is 5.73 Å². The number of rotatable bonds is 6. The molecular weight excluding hydrogens is 302 g/mol. The Balaban J connectivity index is 2.92. The molecule has 1 rings (SSSR count). The molecule has 0 spiro atoms. The number of aromatic nitrogens is 1. The van der Waals surface area contributed by atoms with Gasteiger partial charge in [-0.2, -0.15) is 4.31 Å². The number of carbonyl (C=O) groups excluding carboxylic acids is 1. The lowest BCUT2D eigenvalue weighted by atomic mass is 10.3. The molecule has 9 heteroatoms. The third-order valence-corrected chi connectivity index (χ3v) is 4.35. The van der Waals surface area contributed by atoms with Gasteiger partial charge < -0.3 is 10.5 Å². The SMILES string of the molecule is CCOC(=O)CN(C)S(=O)(=O)c1ccc(C(N)=S)nc1. The van der Waals surface area contributed by atoms with E-state index in [0.29, 0.717) is 5.69 Å². The molecule has 0 unspecified atom stereocenters. The molecule has 0 bridgehead atoms. The Morgan fingerprint density at radius 2 is 2.15 bits per heavy atom. The Kier molecular flexibility index (Phi) is 5.54. The average molecular weight is 317 g/mol. The van der Waals surface area contributed by atoms with Crippen molar-refractivity contribution in [3.05, 3.63) is 24.0 Å². The maximum absolute atomic E-state index is 12.2. The molecule has 0 saturated carbocycles. The number of ether oxygens (including phenoxy) is 1. The van der Waals surface area contributed by atoms with Crippen molar-refractivity contribution in [3.63, 3.8) is 0 Å². The molecule has 7 nitrogen and oxygen atoms in total. The first kappa shape index (κ1) is 16.5. The van der Waals surface area contributed by atoms with Gasteiger partial charge in [-0.05, 0) is 19.1 Å². The Labute approximate surface area is 122 Å². The van der Waals surface area contributed by atoms with E-state index in [9.17, 15) is 13.2 Å². The van der Waals surface area contributed by atoms with E-state index >= 15 is 0 Å². The van der Waals surface area contributed by atoms with E-state index < -0.39 is 16.0 Å². The highest BCUT2D eigenvalue weighted by Crippen LogP contribution is 2.13. The van der Waals surface area contributed by atoms with Crippen LogP contribution >= 0.6 is 12.2 Å². The van der Waals surface area contributed by atoms with Crippen molar-refractivity contribution >= 4 is 33.2 Å². The van der Waals surface area contributed by atoms with Crippen LogP contribution in [0.3, 0.4) is 0 Å². The van der Waals surface area contributed by atoms with Crippen LogP contribution in [0, 0.1) is 0 Å². The summed E-state index contributed by atoms with van der Waals surface area (Å²) >= 11 is 4.73. The van der Waals surface area contributed by atoms with Gasteiger partial charge in [0.2, 0.25) is 10.0 Å². The number of hydrogen-bond acceptors (Lipinski definition) is 6. The number of pyridine rings is 1. The molecule has 2 N–H and O–H groups in total. The predicted octanol–water partition coefficient (Wildman–Crippen LogP) is -0.101. The average Bonchev–Trinajstić information content (AvgIpc) is 2.38. The first-order chi connectivity index (χ1) is 9.28. The van der Waals surface area contributed by atoms with E-state index in [1.54, 1.807) is 6.92 Å². The number of nitrogens with zero attached hydrogens (tertiary/aromatic N) is 2. The number of hydrogen-bond donors (Lipinski definition) is 1. The lowest BCUT2D eigenvalue weighted by Gasteiger charge is -2.16. The molecule has 1 heterocycles. The van der Waals surface area contributed by atoms with Crippen LogP contribution in [0.1, 0.15) is 12.6 Å². The summed E-state index contributed by atoms with van der Waals surface area (Å²) in [6.45, 7) is 1.47. The van der Waals surface area contributed by atoms with E-state index in [1.807, 2.05) is 0 Å². The Bertz CT molecular complexity index is 599. The van der Waals surface area contributed by atoms with Crippen molar-refractivity contribution in [1.82, 2.24) is 9.29 Å². The molecule has 0 aliphatic carbocycles. The molecule has 1 aromatic heterocycles. The van der Waals surface area contributed by atoms with Crippen LogP contribution in [0.15, 0.2) is 23.2 Å². The fraction of sp³-hybridized carbons (Fsp3) is 0.364. The smallest absolute Gasteiger partial charge is 0.321 e. The highest BCUT2D eigenvalue weighted by atomic mass is 32.2. The molecular formula is C11H15N3O4S2. The fourth-order valence-electron chi connectivity index (χ4n) is 1.33. The van der Waals surface area contributed by atoms with E-state index in [-0.39, 0.29) is 23.0 Å². The molecule has 0 radical (unpaired) electrons. The highest BCUT2D eigenvalue weighted by molar-refractivity contribution is 7.89. The predicted molar refractivity (Wildman–Crippen MR) is 76.6 cm³/mol. The summed E-state index contributed by atoms with van der Waals surface area (Å²) in [5, 5.41) is 0. The summed E-state index contributed by atoms with van der Waals surface area (Å²) in [7, 11) is -2.52. The molecule has 0 aliphatic rings. The minimum absolute atomic E-state index is 0.0516. The molecule has 0 atom stereocenters. The second-order valence-electron chi connectivity index (χ2n) is 3.81. The second-order valence-corrected chi connectivity index (χ2v) is 6.29. The normalized spacial score (nSPS) is 11.3. The van der Waals surface area contributed by atoms with E-state index in [4.69, 9.17) is 22.7 Å². The summed E-state index contributed by atoms with van der Waals surface area (Å²) in [5.41, 5.74) is 5.71. The third kappa shape index (κ3) is 3.95. The van der Waals surface area contributed by atoms with Gasteiger partial charge in [-0.3, -0.25) is 9.78 Å². The van der Waals surface area contributed by atoms with E-state index in [0.717, 1.165) is 10.5 Å². The zero-order valence-electron chi connectivity index (χ0n) is 11.1. The Morgan fingerprint density at radius 3 is 2.60 bits per heavy atom. The monoisotopic (exact) mass is 317 g/mol. The quantitative estimate of drug-likeness (QED) is 0.577. The number of likely N-dealkylation sites (N-methyl/N-ethyl adjacent to an activating group) is 1. The van der Waals surface area contributed by atoms with Gasteiger partial charge >= 0.3 is 5.97 Å².